The number of carboxylic acids is 1. The van der Waals surface area contributed by atoms with Gasteiger partial charge in [0.15, 0.2) is 17.2 Å². The smallest absolute Gasteiger partial charge is 0.355 e. The van der Waals surface area contributed by atoms with Crippen LogP contribution < -0.4 is 20.1 Å². The zero-order chi connectivity index (χ0) is 19.8. The van der Waals surface area contributed by atoms with Crippen molar-refractivity contribution in [1.82, 2.24) is 15.6 Å². The van der Waals surface area contributed by atoms with Crippen LogP contribution in [0.15, 0.2) is 23.6 Å². The summed E-state index contributed by atoms with van der Waals surface area (Å²) in [6.07, 6.45) is 0.410. The molecule has 0 fully saturated rings. The summed E-state index contributed by atoms with van der Waals surface area (Å²) in [5, 5.41) is 16.0. The summed E-state index contributed by atoms with van der Waals surface area (Å²) in [5.41, 5.74) is 0.327. The van der Waals surface area contributed by atoms with Crippen molar-refractivity contribution in [2.45, 2.75) is 6.42 Å². The van der Waals surface area contributed by atoms with E-state index in [-0.39, 0.29) is 24.7 Å². The average molecular weight is 393 g/mol. The first-order chi connectivity index (χ1) is 12.9. The van der Waals surface area contributed by atoms with Crippen LogP contribution in [0.5, 0.6) is 11.5 Å². The molecule has 0 saturated heterocycles. The van der Waals surface area contributed by atoms with Crippen LogP contribution in [0.25, 0.3) is 0 Å². The second-order valence-corrected chi connectivity index (χ2v) is 6.23. The van der Waals surface area contributed by atoms with Gasteiger partial charge in [-0.25, -0.2) is 9.78 Å². The highest BCUT2D eigenvalue weighted by atomic mass is 32.1. The molecule has 0 aliphatic heterocycles. The van der Waals surface area contributed by atoms with E-state index in [1.54, 1.807) is 12.1 Å². The molecule has 0 saturated carbocycles. The number of hydrogen-bond donors (Lipinski definition) is 3. The molecule has 0 aliphatic carbocycles. The Morgan fingerprint density at radius 1 is 1.15 bits per heavy atom. The van der Waals surface area contributed by atoms with Crippen molar-refractivity contribution in [2.24, 2.45) is 0 Å². The molecule has 9 nitrogen and oxygen atoms in total. The van der Waals surface area contributed by atoms with E-state index in [0.29, 0.717) is 28.5 Å². The number of carbonyl (C=O) groups is 3. The molecule has 0 atom stereocenters. The van der Waals surface area contributed by atoms with Crippen molar-refractivity contribution in [3.05, 3.63) is 39.8 Å². The standard InChI is InChI=1S/C17H19N3O6S/c1-25-12-4-3-10(7-13(12)26-2)16(22)19-8-14(21)18-6-5-15-20-11(9-27-15)17(23)24/h3-4,7,9H,5-6,8H2,1-2H3,(H,18,21)(H,19,22)(H,23,24). The molecule has 0 bridgehead atoms. The van der Waals surface area contributed by atoms with Gasteiger partial charge in [0.1, 0.15) is 0 Å². The number of carbonyl (C=O) groups excluding carboxylic acids is 2. The number of aromatic carboxylic acids is 1. The van der Waals surface area contributed by atoms with Crippen LogP contribution in [0, 0.1) is 0 Å². The summed E-state index contributed by atoms with van der Waals surface area (Å²) in [7, 11) is 2.96. The second-order valence-electron chi connectivity index (χ2n) is 5.28. The molecular weight excluding hydrogens is 374 g/mol. The zero-order valence-electron chi connectivity index (χ0n) is 14.8. The lowest BCUT2D eigenvalue weighted by Crippen LogP contribution is -2.37. The van der Waals surface area contributed by atoms with Gasteiger partial charge in [-0.1, -0.05) is 0 Å². The van der Waals surface area contributed by atoms with E-state index in [4.69, 9.17) is 14.6 Å². The number of rotatable bonds is 9. The Morgan fingerprint density at radius 2 is 1.89 bits per heavy atom. The van der Waals surface area contributed by atoms with E-state index in [0.717, 1.165) is 0 Å². The number of hydrogen-bond acceptors (Lipinski definition) is 7. The third-order valence-electron chi connectivity index (χ3n) is 3.49. The predicted octanol–water partition coefficient (Wildman–Crippen LogP) is 0.947. The van der Waals surface area contributed by atoms with E-state index in [9.17, 15) is 14.4 Å². The van der Waals surface area contributed by atoms with E-state index in [2.05, 4.69) is 15.6 Å². The Balaban J connectivity index is 1.77. The van der Waals surface area contributed by atoms with Crippen LogP contribution in [-0.2, 0) is 11.2 Å². The number of carboxylic acid groups (broad SMARTS) is 1. The Hall–Kier alpha value is -3.14. The van der Waals surface area contributed by atoms with Crippen molar-refractivity contribution in [2.75, 3.05) is 27.3 Å². The second kappa shape index (κ2) is 9.53. The molecule has 2 aromatic rings. The fourth-order valence-corrected chi connectivity index (χ4v) is 2.91. The highest BCUT2D eigenvalue weighted by Gasteiger charge is 2.12. The number of thiazole rings is 1. The molecule has 2 rings (SSSR count). The molecule has 2 amide bonds. The van der Waals surface area contributed by atoms with Gasteiger partial charge in [0.25, 0.3) is 5.91 Å². The first-order valence-corrected chi connectivity index (χ1v) is 8.77. The Morgan fingerprint density at radius 3 is 2.52 bits per heavy atom. The summed E-state index contributed by atoms with van der Waals surface area (Å²) >= 11 is 1.22. The van der Waals surface area contributed by atoms with Crippen molar-refractivity contribution < 1.29 is 29.0 Å². The largest absolute Gasteiger partial charge is 0.493 e. The molecule has 1 aromatic carbocycles. The van der Waals surface area contributed by atoms with Gasteiger partial charge < -0.3 is 25.2 Å². The third kappa shape index (κ3) is 5.68. The molecule has 0 aliphatic rings. The number of nitrogens with one attached hydrogen (secondary N) is 2. The molecule has 10 heteroatoms. The first-order valence-electron chi connectivity index (χ1n) is 7.89. The van der Waals surface area contributed by atoms with Crippen LogP contribution in [0.1, 0.15) is 25.9 Å². The van der Waals surface area contributed by atoms with Gasteiger partial charge in [-0.2, -0.15) is 0 Å². The van der Waals surface area contributed by atoms with Crippen LogP contribution in [0.3, 0.4) is 0 Å². The van der Waals surface area contributed by atoms with Crippen LogP contribution >= 0.6 is 11.3 Å². The molecule has 27 heavy (non-hydrogen) atoms. The highest BCUT2D eigenvalue weighted by molar-refractivity contribution is 7.09. The van der Waals surface area contributed by atoms with E-state index in [1.165, 1.54) is 37.0 Å². The fraction of sp³-hybridized carbons (Fsp3) is 0.294. The molecule has 0 spiro atoms. The lowest BCUT2D eigenvalue weighted by molar-refractivity contribution is -0.120. The van der Waals surface area contributed by atoms with Crippen molar-refractivity contribution >= 4 is 29.1 Å². The van der Waals surface area contributed by atoms with Gasteiger partial charge in [-0.15, -0.1) is 11.3 Å². The number of benzene rings is 1. The van der Waals surface area contributed by atoms with Gasteiger partial charge in [0.2, 0.25) is 5.91 Å². The van der Waals surface area contributed by atoms with Gasteiger partial charge >= 0.3 is 5.97 Å². The van der Waals surface area contributed by atoms with Crippen LogP contribution in [-0.4, -0.2) is 55.2 Å². The third-order valence-corrected chi connectivity index (χ3v) is 4.40. The average Bonchev–Trinajstić information content (AvgIpc) is 3.14. The molecule has 144 valence electrons. The molecule has 0 unspecified atom stereocenters. The zero-order valence-corrected chi connectivity index (χ0v) is 15.6. The van der Waals surface area contributed by atoms with Gasteiger partial charge in [0, 0.05) is 23.9 Å². The van der Waals surface area contributed by atoms with E-state index in [1.807, 2.05) is 0 Å². The van der Waals surface area contributed by atoms with Crippen molar-refractivity contribution in [3.63, 3.8) is 0 Å². The number of ether oxygens (including phenoxy) is 2. The summed E-state index contributed by atoms with van der Waals surface area (Å²) < 4.78 is 10.2. The summed E-state index contributed by atoms with van der Waals surface area (Å²) in [5.74, 6) is -0.950. The number of amides is 2. The number of aromatic nitrogens is 1. The Labute approximate surface area is 159 Å². The molecule has 1 heterocycles. The van der Waals surface area contributed by atoms with Crippen LogP contribution in [0.4, 0.5) is 0 Å². The summed E-state index contributed by atoms with van der Waals surface area (Å²) in [4.78, 5) is 38.6. The SMILES string of the molecule is COc1ccc(C(=O)NCC(=O)NCCc2nc(C(=O)O)cs2)cc1OC. The maximum absolute atomic E-state index is 12.1. The van der Waals surface area contributed by atoms with Crippen molar-refractivity contribution in [3.8, 4) is 11.5 Å². The summed E-state index contributed by atoms with van der Waals surface area (Å²) in [6, 6.07) is 4.69. The van der Waals surface area contributed by atoms with Gasteiger partial charge in [-0.3, -0.25) is 9.59 Å². The quantitative estimate of drug-likeness (QED) is 0.579. The molecular formula is C17H19N3O6S. The highest BCUT2D eigenvalue weighted by Crippen LogP contribution is 2.27. The lowest BCUT2D eigenvalue weighted by Gasteiger charge is -2.10. The summed E-state index contributed by atoms with van der Waals surface area (Å²) in [6.45, 7) is 0.100. The minimum Gasteiger partial charge on any atom is -0.493 e. The first kappa shape index (κ1) is 20.2. The Bertz CT molecular complexity index is 836. The number of methoxy groups -OCH3 is 2. The Kier molecular flexibility index (Phi) is 7.12. The minimum atomic E-state index is -1.08. The molecule has 0 radical (unpaired) electrons. The number of nitrogens with zero attached hydrogens (tertiary/aromatic N) is 1. The lowest BCUT2D eigenvalue weighted by atomic mass is 10.2. The van der Waals surface area contributed by atoms with Gasteiger partial charge in [-0.05, 0) is 18.2 Å². The van der Waals surface area contributed by atoms with Gasteiger partial charge in [0.05, 0.1) is 25.8 Å². The maximum atomic E-state index is 12.1. The van der Waals surface area contributed by atoms with E-state index >= 15 is 0 Å². The predicted molar refractivity (Wildman–Crippen MR) is 97.7 cm³/mol. The fourth-order valence-electron chi connectivity index (χ4n) is 2.14. The minimum absolute atomic E-state index is 0.0106. The van der Waals surface area contributed by atoms with E-state index < -0.39 is 11.9 Å². The molecule has 3 N–H and O–H groups in total. The van der Waals surface area contributed by atoms with Crippen LogP contribution in [0.2, 0.25) is 0 Å². The monoisotopic (exact) mass is 393 g/mol. The maximum Gasteiger partial charge on any atom is 0.355 e. The normalized spacial score (nSPS) is 10.1. The van der Waals surface area contributed by atoms with Crippen molar-refractivity contribution in [1.29, 1.82) is 0 Å². The topological polar surface area (TPSA) is 127 Å². The molecule has 1 aromatic heterocycles.